The van der Waals surface area contributed by atoms with E-state index in [1.807, 2.05) is 19.1 Å². The van der Waals surface area contributed by atoms with Gasteiger partial charge < -0.3 is 10.1 Å². The molecule has 0 radical (unpaired) electrons. The summed E-state index contributed by atoms with van der Waals surface area (Å²) in [5.74, 6) is 0.277. The van der Waals surface area contributed by atoms with E-state index >= 15 is 0 Å². The standard InChI is InChI=1S/C14H15ClN2O2/c1-2-3-11-13(18)16-12(17-14(11)19)8-9-4-6-10(15)7-5-9/h4-7H,2-3,8H2,1H3,(H2,16,17,18,19). The van der Waals surface area contributed by atoms with Crippen LogP contribution in [0, 0.1) is 0 Å². The van der Waals surface area contributed by atoms with Gasteiger partial charge in [0.25, 0.3) is 5.56 Å². The minimum atomic E-state index is -0.265. The minimum Gasteiger partial charge on any atom is -0.493 e. The van der Waals surface area contributed by atoms with Crippen LogP contribution in [0.15, 0.2) is 29.1 Å². The predicted octanol–water partition coefficient (Wildman–Crippen LogP) is 2.67. The summed E-state index contributed by atoms with van der Waals surface area (Å²) in [6.45, 7) is 1.94. The van der Waals surface area contributed by atoms with Crippen molar-refractivity contribution in [1.82, 2.24) is 9.97 Å². The van der Waals surface area contributed by atoms with E-state index in [0.717, 1.165) is 12.0 Å². The molecule has 0 aliphatic rings. The van der Waals surface area contributed by atoms with E-state index in [9.17, 15) is 9.90 Å². The Balaban J connectivity index is 2.27. The van der Waals surface area contributed by atoms with Crippen LogP contribution in [0.3, 0.4) is 0 Å². The van der Waals surface area contributed by atoms with Gasteiger partial charge in [0.15, 0.2) is 0 Å². The third-order valence-corrected chi connectivity index (χ3v) is 3.08. The first-order valence-corrected chi connectivity index (χ1v) is 6.53. The molecule has 0 aliphatic carbocycles. The molecular weight excluding hydrogens is 264 g/mol. The average molecular weight is 279 g/mol. The van der Waals surface area contributed by atoms with Gasteiger partial charge in [0.05, 0.1) is 5.56 Å². The van der Waals surface area contributed by atoms with Crippen LogP contribution < -0.4 is 5.56 Å². The molecule has 0 unspecified atom stereocenters. The number of aromatic amines is 1. The van der Waals surface area contributed by atoms with Gasteiger partial charge in [-0.15, -0.1) is 0 Å². The molecule has 1 aromatic heterocycles. The van der Waals surface area contributed by atoms with Gasteiger partial charge in [-0.2, -0.15) is 4.98 Å². The Labute approximate surface area is 116 Å². The highest BCUT2D eigenvalue weighted by Gasteiger charge is 2.10. The molecule has 2 aromatic rings. The van der Waals surface area contributed by atoms with Crippen LogP contribution in [0.25, 0.3) is 0 Å². The Bertz CT molecular complexity index is 620. The highest BCUT2D eigenvalue weighted by Crippen LogP contribution is 2.14. The van der Waals surface area contributed by atoms with E-state index in [-0.39, 0.29) is 11.4 Å². The van der Waals surface area contributed by atoms with E-state index in [2.05, 4.69) is 9.97 Å². The fourth-order valence-electron chi connectivity index (χ4n) is 1.89. The zero-order chi connectivity index (χ0) is 13.8. The van der Waals surface area contributed by atoms with Crippen LogP contribution in [0.1, 0.15) is 30.3 Å². The van der Waals surface area contributed by atoms with Crippen molar-refractivity contribution in [3.63, 3.8) is 0 Å². The van der Waals surface area contributed by atoms with Crippen LogP contribution >= 0.6 is 11.6 Å². The van der Waals surface area contributed by atoms with E-state index < -0.39 is 0 Å². The van der Waals surface area contributed by atoms with Crippen LogP contribution in [0.5, 0.6) is 5.88 Å². The largest absolute Gasteiger partial charge is 0.493 e. The molecular formula is C14H15ClN2O2. The molecule has 1 aromatic carbocycles. The molecule has 100 valence electrons. The van der Waals surface area contributed by atoms with Crippen molar-refractivity contribution in [2.24, 2.45) is 0 Å². The second-order valence-electron chi connectivity index (χ2n) is 4.37. The van der Waals surface area contributed by atoms with Crippen molar-refractivity contribution >= 4 is 11.6 Å². The Morgan fingerprint density at radius 3 is 2.58 bits per heavy atom. The third kappa shape index (κ3) is 3.35. The molecule has 19 heavy (non-hydrogen) atoms. The summed E-state index contributed by atoms with van der Waals surface area (Å²) in [4.78, 5) is 18.6. The van der Waals surface area contributed by atoms with Crippen LogP contribution in [-0.2, 0) is 12.8 Å². The molecule has 2 rings (SSSR count). The summed E-state index contributed by atoms with van der Waals surface area (Å²) >= 11 is 5.81. The topological polar surface area (TPSA) is 66.0 Å². The lowest BCUT2D eigenvalue weighted by Crippen LogP contribution is -2.17. The molecule has 0 amide bonds. The lowest BCUT2D eigenvalue weighted by Gasteiger charge is -2.05. The maximum atomic E-state index is 11.8. The Kier molecular flexibility index (Phi) is 4.22. The number of hydrogen-bond donors (Lipinski definition) is 2. The number of H-pyrrole nitrogens is 1. The zero-order valence-electron chi connectivity index (χ0n) is 10.6. The highest BCUT2D eigenvalue weighted by atomic mass is 35.5. The van der Waals surface area contributed by atoms with Gasteiger partial charge >= 0.3 is 0 Å². The average Bonchev–Trinajstić information content (AvgIpc) is 2.37. The molecule has 2 N–H and O–H groups in total. The summed E-state index contributed by atoms with van der Waals surface area (Å²) in [5.41, 5.74) is 1.05. The van der Waals surface area contributed by atoms with E-state index in [4.69, 9.17) is 11.6 Å². The lowest BCUT2D eigenvalue weighted by atomic mass is 10.1. The van der Waals surface area contributed by atoms with Crippen molar-refractivity contribution in [1.29, 1.82) is 0 Å². The number of halogens is 1. The third-order valence-electron chi connectivity index (χ3n) is 2.83. The maximum Gasteiger partial charge on any atom is 0.257 e. The van der Waals surface area contributed by atoms with Crippen molar-refractivity contribution < 1.29 is 5.11 Å². The van der Waals surface area contributed by atoms with Crippen LogP contribution in [0.2, 0.25) is 5.02 Å². The number of aromatic hydroxyl groups is 1. The lowest BCUT2D eigenvalue weighted by molar-refractivity contribution is 0.439. The number of nitrogens with one attached hydrogen (secondary N) is 1. The fraction of sp³-hybridized carbons (Fsp3) is 0.286. The van der Waals surface area contributed by atoms with E-state index in [1.165, 1.54) is 0 Å². The molecule has 0 atom stereocenters. The normalized spacial score (nSPS) is 10.6. The van der Waals surface area contributed by atoms with Crippen molar-refractivity contribution in [3.05, 3.63) is 56.6 Å². The fourth-order valence-corrected chi connectivity index (χ4v) is 2.01. The van der Waals surface area contributed by atoms with Gasteiger partial charge in [0.1, 0.15) is 5.82 Å². The summed E-state index contributed by atoms with van der Waals surface area (Å²) in [6, 6.07) is 7.28. The molecule has 0 saturated carbocycles. The number of hydrogen-bond acceptors (Lipinski definition) is 3. The van der Waals surface area contributed by atoms with Gasteiger partial charge in [0.2, 0.25) is 5.88 Å². The Morgan fingerprint density at radius 2 is 2.00 bits per heavy atom. The van der Waals surface area contributed by atoms with E-state index in [0.29, 0.717) is 29.3 Å². The SMILES string of the molecule is CCCc1c(O)nc(Cc2ccc(Cl)cc2)[nH]c1=O. The molecule has 0 bridgehead atoms. The van der Waals surface area contributed by atoms with Gasteiger partial charge in [-0.25, -0.2) is 0 Å². The summed E-state index contributed by atoms with van der Waals surface area (Å²) in [6.07, 6.45) is 1.76. The molecule has 0 aliphatic heterocycles. The second-order valence-corrected chi connectivity index (χ2v) is 4.80. The monoisotopic (exact) mass is 278 g/mol. The summed E-state index contributed by atoms with van der Waals surface area (Å²) in [7, 11) is 0. The molecule has 4 nitrogen and oxygen atoms in total. The summed E-state index contributed by atoms with van der Waals surface area (Å²) < 4.78 is 0. The van der Waals surface area contributed by atoms with Crippen LogP contribution in [0.4, 0.5) is 0 Å². The van der Waals surface area contributed by atoms with Crippen molar-refractivity contribution in [3.8, 4) is 5.88 Å². The predicted molar refractivity (Wildman–Crippen MR) is 74.8 cm³/mol. The summed E-state index contributed by atoms with van der Waals surface area (Å²) in [5, 5.41) is 10.4. The number of aromatic nitrogens is 2. The second kappa shape index (κ2) is 5.89. The zero-order valence-corrected chi connectivity index (χ0v) is 11.4. The van der Waals surface area contributed by atoms with Crippen molar-refractivity contribution in [2.45, 2.75) is 26.2 Å². The minimum absolute atomic E-state index is 0.172. The first kappa shape index (κ1) is 13.6. The number of nitrogens with zero attached hydrogens (tertiary/aromatic N) is 1. The molecule has 0 spiro atoms. The smallest absolute Gasteiger partial charge is 0.257 e. The van der Waals surface area contributed by atoms with Crippen LogP contribution in [-0.4, -0.2) is 15.1 Å². The van der Waals surface area contributed by atoms with Crippen molar-refractivity contribution in [2.75, 3.05) is 0 Å². The molecule has 0 fully saturated rings. The maximum absolute atomic E-state index is 11.8. The van der Waals surface area contributed by atoms with Gasteiger partial charge in [-0.3, -0.25) is 4.79 Å². The first-order valence-electron chi connectivity index (χ1n) is 6.15. The van der Waals surface area contributed by atoms with Gasteiger partial charge in [0, 0.05) is 11.4 Å². The Morgan fingerprint density at radius 1 is 1.32 bits per heavy atom. The molecule has 1 heterocycles. The molecule has 0 saturated heterocycles. The van der Waals surface area contributed by atoms with Gasteiger partial charge in [-0.05, 0) is 24.1 Å². The first-order chi connectivity index (χ1) is 9.10. The van der Waals surface area contributed by atoms with Gasteiger partial charge in [-0.1, -0.05) is 37.1 Å². The van der Waals surface area contributed by atoms with E-state index in [1.54, 1.807) is 12.1 Å². The molecule has 5 heteroatoms. The quantitative estimate of drug-likeness (QED) is 0.904. The number of rotatable bonds is 4. The Hall–Kier alpha value is -1.81. The highest BCUT2D eigenvalue weighted by molar-refractivity contribution is 6.30. The number of benzene rings is 1.